The van der Waals surface area contributed by atoms with Crippen molar-refractivity contribution in [2.24, 2.45) is 0 Å². The maximum Gasteiger partial charge on any atom is 0.471 e. The zero-order valence-corrected chi connectivity index (χ0v) is 29.2. The zero-order chi connectivity index (χ0) is 37.9. The number of alkyl halides is 4. The highest BCUT2D eigenvalue weighted by Crippen LogP contribution is 2.44. The minimum Gasteiger partial charge on any atom is -0.444 e. The quantitative estimate of drug-likeness (QED) is 0.213. The number of fused-ring (bicyclic) bond motifs is 1. The van der Waals surface area contributed by atoms with E-state index in [0.717, 1.165) is 30.2 Å². The zero-order valence-electron chi connectivity index (χ0n) is 28.3. The number of amides is 2. The van der Waals surface area contributed by atoms with Gasteiger partial charge in [-0.2, -0.15) is 18.2 Å². The second kappa shape index (κ2) is 12.7. The van der Waals surface area contributed by atoms with E-state index in [4.69, 9.17) is 9.15 Å². The Morgan fingerprint density at radius 3 is 2.29 bits per heavy atom. The molecule has 2 aromatic carbocycles. The van der Waals surface area contributed by atoms with Gasteiger partial charge >= 0.3 is 18.2 Å². The molecule has 0 saturated carbocycles. The number of halogens is 5. The van der Waals surface area contributed by atoms with Crippen LogP contribution in [0.25, 0.3) is 22.8 Å². The van der Waals surface area contributed by atoms with Crippen molar-refractivity contribution < 1.29 is 53.6 Å². The summed E-state index contributed by atoms with van der Waals surface area (Å²) < 4.78 is 110. The van der Waals surface area contributed by atoms with Gasteiger partial charge in [-0.3, -0.25) is 4.79 Å². The summed E-state index contributed by atoms with van der Waals surface area (Å²) in [6.45, 7) is 8.22. The lowest BCUT2D eigenvalue weighted by Crippen LogP contribution is -2.50. The number of hydrogen-bond acceptors (Lipinski definition) is 11. The van der Waals surface area contributed by atoms with Crippen LogP contribution >= 0.6 is 0 Å². The van der Waals surface area contributed by atoms with Crippen LogP contribution in [0.1, 0.15) is 70.9 Å². The summed E-state index contributed by atoms with van der Waals surface area (Å²) in [6.07, 6.45) is -5.53. The Hall–Kier alpha value is -4.94. The first-order valence-electron chi connectivity index (χ1n) is 15.3. The predicted octanol–water partition coefficient (Wildman–Crippen LogP) is 6.24. The number of nitrogens with zero attached hydrogens (tertiary/aromatic N) is 5. The van der Waals surface area contributed by atoms with E-state index in [1.54, 1.807) is 20.8 Å². The van der Waals surface area contributed by atoms with Gasteiger partial charge in [0.25, 0.3) is 5.89 Å². The van der Waals surface area contributed by atoms with E-state index in [0.29, 0.717) is 5.56 Å². The third-order valence-corrected chi connectivity index (χ3v) is 10.1. The highest BCUT2D eigenvalue weighted by molar-refractivity contribution is 7.91. The SMILES string of the molecule is CC(C)(C)OC(=O)N[C@@H]1CC(C)(F)c2cc(F)c(-c3nnc(C(C)(C)S(C)(=O)=O)o3)cc2N(Cc2ccc(-c3noc(C(F)(F)F)n3)cc2)C1=O. The fourth-order valence-corrected chi connectivity index (χ4v) is 5.51. The Labute approximate surface area is 288 Å². The normalized spacial score (nSPS) is 18.7. The van der Waals surface area contributed by atoms with Crippen molar-refractivity contribution in [3.63, 3.8) is 0 Å². The van der Waals surface area contributed by atoms with Gasteiger partial charge in [0.05, 0.1) is 17.8 Å². The van der Waals surface area contributed by atoms with Crippen molar-refractivity contribution >= 4 is 27.5 Å². The molecule has 2 aromatic heterocycles. The monoisotopic (exact) mass is 740 g/mol. The average molecular weight is 741 g/mol. The van der Waals surface area contributed by atoms with E-state index in [2.05, 4.69) is 30.2 Å². The lowest BCUT2D eigenvalue weighted by atomic mass is 9.90. The topological polar surface area (TPSA) is 171 Å². The summed E-state index contributed by atoms with van der Waals surface area (Å²) in [7, 11) is -3.77. The molecule has 0 fully saturated rings. The fourth-order valence-electron chi connectivity index (χ4n) is 5.11. The molecule has 0 spiro atoms. The number of carbonyl (C=O) groups is 2. The van der Waals surface area contributed by atoms with Crippen LogP contribution in [-0.2, 0) is 42.5 Å². The molecule has 4 aromatic rings. The van der Waals surface area contributed by atoms with Gasteiger partial charge in [0, 0.05) is 23.8 Å². The molecule has 0 bridgehead atoms. The first kappa shape index (κ1) is 37.3. The van der Waals surface area contributed by atoms with E-state index in [1.165, 1.54) is 38.1 Å². The van der Waals surface area contributed by atoms with Crippen molar-refractivity contribution in [1.29, 1.82) is 0 Å². The minimum absolute atomic E-state index is 0.144. The smallest absolute Gasteiger partial charge is 0.444 e. The average Bonchev–Trinajstić information content (AvgIpc) is 3.68. The Kier molecular flexibility index (Phi) is 9.28. The number of alkyl carbamates (subject to hydrolysis) is 1. The summed E-state index contributed by atoms with van der Waals surface area (Å²) in [5, 5.41) is 13.4. The molecule has 1 N–H and O–H groups in total. The number of carbonyl (C=O) groups excluding carboxylic acids is 2. The Morgan fingerprint density at radius 2 is 1.73 bits per heavy atom. The van der Waals surface area contributed by atoms with Crippen LogP contribution in [0, 0.1) is 5.82 Å². The van der Waals surface area contributed by atoms with Gasteiger partial charge in [-0.05, 0) is 59.2 Å². The lowest BCUT2D eigenvalue weighted by molar-refractivity contribution is -0.159. The molecule has 1 aliphatic rings. The van der Waals surface area contributed by atoms with Gasteiger partial charge in [0.2, 0.25) is 17.6 Å². The highest BCUT2D eigenvalue weighted by atomic mass is 32.2. The van der Waals surface area contributed by atoms with E-state index in [-0.39, 0.29) is 40.6 Å². The van der Waals surface area contributed by atoms with Crippen molar-refractivity contribution in [2.45, 2.75) is 82.7 Å². The molecule has 2 amide bonds. The maximum absolute atomic E-state index is 16.6. The largest absolute Gasteiger partial charge is 0.471 e. The molecule has 51 heavy (non-hydrogen) atoms. The number of nitrogens with one attached hydrogen (secondary N) is 1. The van der Waals surface area contributed by atoms with Crippen molar-refractivity contribution in [2.75, 3.05) is 11.2 Å². The van der Waals surface area contributed by atoms with Gasteiger partial charge in [-0.1, -0.05) is 29.4 Å². The second-order valence-corrected chi connectivity index (χ2v) is 16.3. The number of hydrogen-bond donors (Lipinski definition) is 1. The molecule has 5 rings (SSSR count). The Bertz CT molecular complexity index is 2090. The summed E-state index contributed by atoms with van der Waals surface area (Å²) in [5.74, 6) is -4.53. The predicted molar refractivity (Wildman–Crippen MR) is 170 cm³/mol. The molecule has 13 nitrogen and oxygen atoms in total. The Balaban J connectivity index is 1.59. The molecular formula is C32H33F5N6O7S. The minimum atomic E-state index is -4.86. The highest BCUT2D eigenvalue weighted by Gasteiger charge is 2.45. The van der Waals surface area contributed by atoms with Gasteiger partial charge in [0.15, 0.2) is 9.84 Å². The molecule has 3 heterocycles. The molecule has 2 atom stereocenters. The van der Waals surface area contributed by atoms with E-state index in [1.807, 2.05) is 0 Å². The molecule has 1 aliphatic heterocycles. The molecule has 274 valence electrons. The summed E-state index contributed by atoms with van der Waals surface area (Å²) in [6, 6.07) is 6.08. The van der Waals surface area contributed by atoms with Gasteiger partial charge in [0.1, 0.15) is 27.9 Å². The van der Waals surface area contributed by atoms with E-state index < -0.39 is 74.1 Å². The van der Waals surface area contributed by atoms with Gasteiger partial charge in [-0.15, -0.1) is 10.2 Å². The third kappa shape index (κ3) is 7.72. The second-order valence-electron chi connectivity index (χ2n) is 13.7. The number of aromatic nitrogens is 4. The van der Waals surface area contributed by atoms with Crippen LogP contribution in [0.5, 0.6) is 0 Å². The summed E-state index contributed by atoms with van der Waals surface area (Å²) in [4.78, 5) is 31.4. The first-order valence-corrected chi connectivity index (χ1v) is 17.1. The number of ether oxygens (including phenoxy) is 1. The van der Waals surface area contributed by atoms with E-state index >= 15 is 8.78 Å². The molecule has 0 aliphatic carbocycles. The van der Waals surface area contributed by atoms with Gasteiger partial charge < -0.3 is 23.9 Å². The van der Waals surface area contributed by atoms with Crippen LogP contribution in [0.4, 0.5) is 32.4 Å². The van der Waals surface area contributed by atoms with Crippen molar-refractivity contribution in [3.8, 4) is 22.8 Å². The maximum atomic E-state index is 16.6. The molecule has 19 heteroatoms. The molecule has 0 radical (unpaired) electrons. The van der Waals surface area contributed by atoms with Gasteiger partial charge in [-0.25, -0.2) is 22.0 Å². The Morgan fingerprint density at radius 1 is 1.08 bits per heavy atom. The van der Waals surface area contributed by atoms with Crippen LogP contribution < -0.4 is 10.2 Å². The molecular weight excluding hydrogens is 707 g/mol. The summed E-state index contributed by atoms with van der Waals surface area (Å²) in [5.41, 5.74) is -3.66. The molecule has 0 saturated heterocycles. The number of anilines is 1. The van der Waals surface area contributed by atoms with Crippen molar-refractivity contribution in [1.82, 2.24) is 25.7 Å². The fraction of sp³-hybridized carbons (Fsp3) is 0.438. The summed E-state index contributed by atoms with van der Waals surface area (Å²) >= 11 is 0. The van der Waals surface area contributed by atoms with Crippen LogP contribution in [0.3, 0.4) is 0 Å². The van der Waals surface area contributed by atoms with Crippen molar-refractivity contribution in [3.05, 3.63) is 65.1 Å². The third-order valence-electron chi connectivity index (χ3n) is 8.10. The van der Waals surface area contributed by atoms with Crippen LogP contribution in [-0.4, -0.2) is 58.7 Å². The first-order chi connectivity index (χ1) is 23.4. The van der Waals surface area contributed by atoms with E-state index in [9.17, 15) is 31.2 Å². The number of sulfone groups is 1. The number of benzene rings is 2. The number of rotatable bonds is 7. The van der Waals surface area contributed by atoms with Crippen LogP contribution in [0.2, 0.25) is 0 Å². The van der Waals surface area contributed by atoms with Crippen LogP contribution in [0.15, 0.2) is 45.3 Å². The molecule has 1 unspecified atom stereocenters. The standard InChI is InChI=1S/C32H33F5N6O7S/c1-29(2,3)49-28(45)38-21-14-31(6,34)19-13-20(33)18(24-40-41-26(48-24)30(4,5)51(7,46)47)12-22(19)43(25(21)44)15-16-8-10-17(11-9-16)23-39-27(50-42-23)32(35,36)37/h8-13,21H,14-15H2,1-7H3,(H,38,45)/t21-,31?/m1/s1. The lowest BCUT2D eigenvalue weighted by Gasteiger charge is -2.27.